The number of aromatic nitrogens is 2. The molecule has 0 radical (unpaired) electrons. The first-order valence-electron chi connectivity index (χ1n) is 8.02. The van der Waals surface area contributed by atoms with Crippen LogP contribution in [0.25, 0.3) is 10.9 Å². The number of hydrogen-bond donors (Lipinski definition) is 1. The van der Waals surface area contributed by atoms with Gasteiger partial charge in [-0.25, -0.2) is 14.8 Å². The topological polar surface area (TPSA) is 73.3 Å². The highest BCUT2D eigenvalue weighted by molar-refractivity contribution is 5.94. The number of nitrogens with zero attached hydrogens (tertiary/aromatic N) is 2. The normalized spacial score (nSPS) is 10.5. The molecule has 6 heteroatoms. The zero-order chi connectivity index (χ0) is 17.6. The van der Waals surface area contributed by atoms with E-state index in [1.807, 2.05) is 48.5 Å². The Hall–Kier alpha value is -3.15. The second kappa shape index (κ2) is 7.61. The number of carbonyl (C=O) groups excluding carboxylic acids is 1. The van der Waals surface area contributed by atoms with Crippen LogP contribution in [0.2, 0.25) is 0 Å². The van der Waals surface area contributed by atoms with Crippen molar-refractivity contribution in [2.75, 3.05) is 19.0 Å². The van der Waals surface area contributed by atoms with Crippen LogP contribution in [0.1, 0.15) is 23.1 Å². The van der Waals surface area contributed by atoms with Crippen molar-refractivity contribution in [1.29, 1.82) is 0 Å². The highest BCUT2D eigenvalue weighted by Crippen LogP contribution is 2.23. The summed E-state index contributed by atoms with van der Waals surface area (Å²) in [6, 6.07) is 15.3. The Morgan fingerprint density at radius 1 is 1.08 bits per heavy atom. The van der Waals surface area contributed by atoms with Gasteiger partial charge < -0.3 is 14.8 Å². The first-order chi connectivity index (χ1) is 12.2. The molecule has 0 saturated carbocycles. The minimum Gasteiger partial charge on any atom is -0.496 e. The van der Waals surface area contributed by atoms with Gasteiger partial charge in [-0.3, -0.25) is 0 Å². The van der Waals surface area contributed by atoms with Crippen molar-refractivity contribution in [2.24, 2.45) is 0 Å². The molecule has 128 valence electrons. The van der Waals surface area contributed by atoms with Gasteiger partial charge >= 0.3 is 5.97 Å². The van der Waals surface area contributed by atoms with Gasteiger partial charge in [0.05, 0.1) is 19.2 Å². The van der Waals surface area contributed by atoms with Gasteiger partial charge in [0.15, 0.2) is 0 Å². The Bertz CT molecular complexity index is 896. The Balaban J connectivity index is 1.95. The van der Waals surface area contributed by atoms with Crippen LogP contribution in [-0.4, -0.2) is 29.7 Å². The fraction of sp³-hybridized carbons (Fsp3) is 0.211. The van der Waals surface area contributed by atoms with Crippen molar-refractivity contribution in [3.63, 3.8) is 0 Å². The third-order valence-electron chi connectivity index (χ3n) is 3.70. The van der Waals surface area contributed by atoms with E-state index in [2.05, 4.69) is 15.3 Å². The minimum absolute atomic E-state index is 0.0445. The molecule has 0 aliphatic heterocycles. The number of esters is 1. The largest absolute Gasteiger partial charge is 0.496 e. The molecule has 0 aliphatic carbocycles. The Morgan fingerprint density at radius 2 is 1.84 bits per heavy atom. The van der Waals surface area contributed by atoms with Crippen LogP contribution in [0.15, 0.2) is 48.5 Å². The molecule has 0 unspecified atom stereocenters. The van der Waals surface area contributed by atoms with Gasteiger partial charge in [-0.2, -0.15) is 0 Å². The number of ether oxygens (including phenoxy) is 2. The lowest BCUT2D eigenvalue weighted by atomic mass is 10.2. The summed E-state index contributed by atoms with van der Waals surface area (Å²) in [7, 11) is 1.64. The van der Waals surface area contributed by atoms with E-state index in [1.54, 1.807) is 14.0 Å². The summed E-state index contributed by atoms with van der Waals surface area (Å²) in [5.41, 5.74) is 1.67. The molecule has 1 heterocycles. The molecule has 0 fully saturated rings. The van der Waals surface area contributed by atoms with Gasteiger partial charge in [0.1, 0.15) is 11.6 Å². The first kappa shape index (κ1) is 16.7. The maximum atomic E-state index is 12.0. The summed E-state index contributed by atoms with van der Waals surface area (Å²) >= 11 is 0. The van der Waals surface area contributed by atoms with Crippen LogP contribution in [0.3, 0.4) is 0 Å². The van der Waals surface area contributed by atoms with Gasteiger partial charge in [-0.15, -0.1) is 0 Å². The van der Waals surface area contributed by atoms with E-state index in [-0.39, 0.29) is 12.4 Å². The molecule has 3 rings (SSSR count). The summed E-state index contributed by atoms with van der Waals surface area (Å²) in [5, 5.41) is 4.12. The number of benzene rings is 2. The average molecular weight is 337 g/mol. The van der Waals surface area contributed by atoms with Crippen molar-refractivity contribution < 1.29 is 14.3 Å². The smallest absolute Gasteiger partial charge is 0.376 e. The third-order valence-corrected chi connectivity index (χ3v) is 3.70. The highest BCUT2D eigenvalue weighted by Gasteiger charge is 2.15. The highest BCUT2D eigenvalue weighted by atomic mass is 16.5. The van der Waals surface area contributed by atoms with Crippen LogP contribution in [-0.2, 0) is 11.3 Å². The lowest BCUT2D eigenvalue weighted by Gasteiger charge is -2.12. The first-order valence-corrected chi connectivity index (χ1v) is 8.02. The number of anilines is 1. The Labute approximate surface area is 145 Å². The van der Waals surface area contributed by atoms with Crippen molar-refractivity contribution in [3.05, 3.63) is 59.9 Å². The van der Waals surface area contributed by atoms with Crippen molar-refractivity contribution in [3.8, 4) is 5.75 Å². The Morgan fingerprint density at radius 3 is 2.64 bits per heavy atom. The SMILES string of the molecule is CCOC(=O)c1nc(NCc2ccccc2OC)c2ccccc2n1. The zero-order valence-corrected chi connectivity index (χ0v) is 14.2. The minimum atomic E-state index is -0.534. The molecule has 3 aromatic rings. The lowest BCUT2D eigenvalue weighted by Crippen LogP contribution is -2.12. The number of carbonyl (C=O) groups is 1. The molecule has 6 nitrogen and oxygen atoms in total. The van der Waals surface area contributed by atoms with E-state index in [9.17, 15) is 4.79 Å². The van der Waals surface area contributed by atoms with Crippen molar-refractivity contribution in [2.45, 2.75) is 13.5 Å². The number of methoxy groups -OCH3 is 1. The molecule has 25 heavy (non-hydrogen) atoms. The lowest BCUT2D eigenvalue weighted by molar-refractivity contribution is 0.0512. The second-order valence-corrected chi connectivity index (χ2v) is 5.30. The molecule has 0 saturated heterocycles. The van der Waals surface area contributed by atoms with E-state index in [0.717, 1.165) is 16.7 Å². The van der Waals surface area contributed by atoms with E-state index in [1.165, 1.54) is 0 Å². The molecule has 0 atom stereocenters. The summed E-state index contributed by atoms with van der Waals surface area (Å²) in [5.74, 6) is 0.884. The molecular formula is C19H19N3O3. The van der Waals surface area contributed by atoms with Gasteiger partial charge in [-0.1, -0.05) is 30.3 Å². The van der Waals surface area contributed by atoms with Crippen LogP contribution in [0.4, 0.5) is 5.82 Å². The van der Waals surface area contributed by atoms with Crippen LogP contribution < -0.4 is 10.1 Å². The standard InChI is InChI=1S/C19H19N3O3/c1-3-25-19(23)18-21-15-10-6-5-9-14(15)17(22-18)20-12-13-8-4-7-11-16(13)24-2/h4-11H,3,12H2,1-2H3,(H,20,21,22). The summed E-state index contributed by atoms with van der Waals surface area (Å²) in [6.45, 7) is 2.53. The average Bonchev–Trinajstić information content (AvgIpc) is 2.66. The van der Waals surface area contributed by atoms with Gasteiger partial charge in [-0.05, 0) is 25.1 Å². The molecule has 0 amide bonds. The number of para-hydroxylation sites is 2. The fourth-order valence-electron chi connectivity index (χ4n) is 2.53. The maximum Gasteiger partial charge on any atom is 0.376 e. The van der Waals surface area contributed by atoms with Gasteiger partial charge in [0, 0.05) is 17.5 Å². The number of rotatable bonds is 6. The summed E-state index contributed by atoms with van der Waals surface area (Å²) in [4.78, 5) is 20.7. The van der Waals surface area contributed by atoms with Crippen LogP contribution in [0.5, 0.6) is 5.75 Å². The zero-order valence-electron chi connectivity index (χ0n) is 14.2. The van der Waals surface area contributed by atoms with Crippen LogP contribution in [0, 0.1) is 0 Å². The molecule has 2 aromatic carbocycles. The quantitative estimate of drug-likeness (QED) is 0.695. The van der Waals surface area contributed by atoms with E-state index < -0.39 is 5.97 Å². The summed E-state index contributed by atoms with van der Waals surface area (Å²) < 4.78 is 10.4. The fourth-order valence-corrected chi connectivity index (χ4v) is 2.53. The van der Waals surface area contributed by atoms with Crippen molar-refractivity contribution in [1.82, 2.24) is 9.97 Å². The predicted octanol–water partition coefficient (Wildman–Crippen LogP) is 3.43. The predicted molar refractivity (Wildman–Crippen MR) is 95.8 cm³/mol. The Kier molecular flexibility index (Phi) is 5.09. The third kappa shape index (κ3) is 3.68. The monoisotopic (exact) mass is 337 g/mol. The molecule has 0 aliphatic rings. The number of nitrogens with one attached hydrogen (secondary N) is 1. The van der Waals surface area contributed by atoms with E-state index >= 15 is 0 Å². The van der Waals surface area contributed by atoms with Gasteiger partial charge in [0.25, 0.3) is 0 Å². The molecule has 1 aromatic heterocycles. The summed E-state index contributed by atoms with van der Waals surface area (Å²) in [6.07, 6.45) is 0. The molecule has 1 N–H and O–H groups in total. The molecule has 0 spiro atoms. The molecular weight excluding hydrogens is 318 g/mol. The van der Waals surface area contributed by atoms with E-state index in [4.69, 9.17) is 9.47 Å². The second-order valence-electron chi connectivity index (χ2n) is 5.30. The van der Waals surface area contributed by atoms with E-state index in [0.29, 0.717) is 17.9 Å². The molecule has 0 bridgehead atoms. The van der Waals surface area contributed by atoms with Crippen LogP contribution >= 0.6 is 0 Å². The van der Waals surface area contributed by atoms with Crippen molar-refractivity contribution >= 4 is 22.7 Å². The number of fused-ring (bicyclic) bond motifs is 1. The maximum absolute atomic E-state index is 12.0. The van der Waals surface area contributed by atoms with Gasteiger partial charge in [0.2, 0.25) is 5.82 Å². The number of hydrogen-bond acceptors (Lipinski definition) is 6.